The van der Waals surface area contributed by atoms with Crippen LogP contribution >= 0.6 is 0 Å². The molecular weight excluding hydrogens is 346 g/mol. The second kappa shape index (κ2) is 9.09. The molecule has 0 aliphatic carbocycles. The lowest BCUT2D eigenvalue weighted by Gasteiger charge is -2.09. The predicted octanol–water partition coefficient (Wildman–Crippen LogP) is 1.86. The summed E-state index contributed by atoms with van der Waals surface area (Å²) in [7, 11) is 1.53. The number of hydrogen-bond donors (Lipinski definition) is 3. The largest absolute Gasteiger partial charge is 0.481 e. The van der Waals surface area contributed by atoms with Gasteiger partial charge in [0.1, 0.15) is 23.8 Å². The highest BCUT2D eigenvalue weighted by Crippen LogP contribution is 2.13. The zero-order valence-corrected chi connectivity index (χ0v) is 14.7. The SMILES string of the molecule is COc1ccc(C(=O)NCCNc2cc(Nc3ccccn3)ncn2)cn1. The molecule has 3 heterocycles. The maximum Gasteiger partial charge on any atom is 0.252 e. The normalized spacial score (nSPS) is 10.1. The number of aromatic nitrogens is 4. The van der Waals surface area contributed by atoms with Crippen LogP contribution in [0.3, 0.4) is 0 Å². The van der Waals surface area contributed by atoms with Crippen molar-refractivity contribution in [1.82, 2.24) is 25.3 Å². The van der Waals surface area contributed by atoms with E-state index in [1.807, 2.05) is 18.2 Å². The first-order chi connectivity index (χ1) is 13.2. The van der Waals surface area contributed by atoms with Gasteiger partial charge >= 0.3 is 0 Å². The minimum atomic E-state index is -0.202. The van der Waals surface area contributed by atoms with E-state index in [2.05, 4.69) is 35.9 Å². The summed E-state index contributed by atoms with van der Waals surface area (Å²) >= 11 is 0. The highest BCUT2D eigenvalue weighted by atomic mass is 16.5. The van der Waals surface area contributed by atoms with Crippen molar-refractivity contribution in [2.45, 2.75) is 0 Å². The van der Waals surface area contributed by atoms with Gasteiger partial charge in [0.25, 0.3) is 5.91 Å². The van der Waals surface area contributed by atoms with Crippen molar-refractivity contribution in [3.8, 4) is 5.88 Å². The molecule has 0 spiro atoms. The third-order valence-electron chi connectivity index (χ3n) is 3.51. The molecular formula is C18H19N7O2. The van der Waals surface area contributed by atoms with Crippen molar-refractivity contribution >= 4 is 23.4 Å². The van der Waals surface area contributed by atoms with Crippen LogP contribution in [0.4, 0.5) is 17.5 Å². The molecule has 3 N–H and O–H groups in total. The van der Waals surface area contributed by atoms with E-state index in [0.717, 1.165) is 0 Å². The van der Waals surface area contributed by atoms with Gasteiger partial charge in [-0.15, -0.1) is 0 Å². The molecule has 0 atom stereocenters. The summed E-state index contributed by atoms with van der Waals surface area (Å²) in [6.07, 6.45) is 4.63. The Hall–Kier alpha value is -3.75. The Morgan fingerprint density at radius 1 is 1.00 bits per heavy atom. The molecule has 9 heteroatoms. The van der Waals surface area contributed by atoms with E-state index < -0.39 is 0 Å². The second-order valence-electron chi connectivity index (χ2n) is 5.40. The lowest BCUT2D eigenvalue weighted by molar-refractivity contribution is 0.0954. The number of amides is 1. The minimum Gasteiger partial charge on any atom is -0.481 e. The number of nitrogens with zero attached hydrogens (tertiary/aromatic N) is 4. The molecule has 3 aromatic heterocycles. The highest BCUT2D eigenvalue weighted by Gasteiger charge is 2.06. The van der Waals surface area contributed by atoms with E-state index in [-0.39, 0.29) is 5.91 Å². The fraction of sp³-hybridized carbons (Fsp3) is 0.167. The predicted molar refractivity (Wildman–Crippen MR) is 101 cm³/mol. The van der Waals surface area contributed by atoms with Crippen molar-refractivity contribution in [2.24, 2.45) is 0 Å². The average molecular weight is 365 g/mol. The van der Waals surface area contributed by atoms with Crippen molar-refractivity contribution in [1.29, 1.82) is 0 Å². The number of hydrogen-bond acceptors (Lipinski definition) is 8. The molecule has 3 aromatic rings. The third kappa shape index (κ3) is 5.36. The number of pyridine rings is 2. The Labute approximate surface area is 156 Å². The topological polar surface area (TPSA) is 114 Å². The van der Waals surface area contributed by atoms with E-state index in [9.17, 15) is 4.79 Å². The second-order valence-corrected chi connectivity index (χ2v) is 5.40. The fourth-order valence-electron chi connectivity index (χ4n) is 2.19. The van der Waals surface area contributed by atoms with Crippen LogP contribution in [0.25, 0.3) is 0 Å². The number of ether oxygens (including phenoxy) is 1. The number of anilines is 3. The van der Waals surface area contributed by atoms with Crippen LogP contribution in [0.15, 0.2) is 55.1 Å². The Bertz CT molecular complexity index is 872. The molecule has 0 saturated carbocycles. The van der Waals surface area contributed by atoms with Gasteiger partial charge in [-0.05, 0) is 18.2 Å². The number of carbonyl (C=O) groups is 1. The Morgan fingerprint density at radius 3 is 2.63 bits per heavy atom. The summed E-state index contributed by atoms with van der Waals surface area (Å²) < 4.78 is 4.97. The molecule has 0 bridgehead atoms. The van der Waals surface area contributed by atoms with Gasteiger partial charge in [0.2, 0.25) is 5.88 Å². The molecule has 0 fully saturated rings. The molecule has 1 amide bonds. The Kier molecular flexibility index (Phi) is 6.08. The van der Waals surface area contributed by atoms with Crippen molar-refractivity contribution in [3.63, 3.8) is 0 Å². The van der Waals surface area contributed by atoms with Crippen LogP contribution in [0.2, 0.25) is 0 Å². The maximum absolute atomic E-state index is 12.1. The van der Waals surface area contributed by atoms with Crippen LogP contribution in [-0.4, -0.2) is 46.0 Å². The Morgan fingerprint density at radius 2 is 1.89 bits per heavy atom. The summed E-state index contributed by atoms with van der Waals surface area (Å²) in [5.41, 5.74) is 0.472. The summed E-state index contributed by atoms with van der Waals surface area (Å²) in [5.74, 6) is 2.23. The van der Waals surface area contributed by atoms with Gasteiger partial charge in [0, 0.05) is 37.6 Å². The number of rotatable bonds is 8. The molecule has 0 aliphatic rings. The first kappa shape index (κ1) is 18.1. The average Bonchev–Trinajstić information content (AvgIpc) is 2.72. The lowest BCUT2D eigenvalue weighted by atomic mass is 10.2. The molecule has 0 aliphatic heterocycles. The quantitative estimate of drug-likeness (QED) is 0.518. The molecule has 0 unspecified atom stereocenters. The van der Waals surface area contributed by atoms with Gasteiger partial charge in [0.05, 0.1) is 12.7 Å². The van der Waals surface area contributed by atoms with E-state index in [1.165, 1.54) is 19.6 Å². The first-order valence-corrected chi connectivity index (χ1v) is 8.27. The van der Waals surface area contributed by atoms with Crippen LogP contribution in [0, 0.1) is 0 Å². The molecule has 138 valence electrons. The van der Waals surface area contributed by atoms with Gasteiger partial charge in [-0.3, -0.25) is 4.79 Å². The van der Waals surface area contributed by atoms with Gasteiger partial charge in [-0.2, -0.15) is 0 Å². The van der Waals surface area contributed by atoms with Gasteiger partial charge in [-0.1, -0.05) is 6.07 Å². The summed E-state index contributed by atoms with van der Waals surface area (Å²) in [5, 5.41) is 9.04. The fourth-order valence-corrected chi connectivity index (χ4v) is 2.19. The van der Waals surface area contributed by atoms with Crippen LogP contribution in [-0.2, 0) is 0 Å². The third-order valence-corrected chi connectivity index (χ3v) is 3.51. The van der Waals surface area contributed by atoms with E-state index in [0.29, 0.717) is 42.0 Å². The zero-order valence-electron chi connectivity index (χ0n) is 14.7. The highest BCUT2D eigenvalue weighted by molar-refractivity contribution is 5.93. The molecule has 3 rings (SSSR count). The van der Waals surface area contributed by atoms with Crippen molar-refractivity contribution < 1.29 is 9.53 Å². The van der Waals surface area contributed by atoms with Gasteiger partial charge in [-0.25, -0.2) is 19.9 Å². The van der Waals surface area contributed by atoms with Crippen LogP contribution in [0.1, 0.15) is 10.4 Å². The summed E-state index contributed by atoms with van der Waals surface area (Å²) in [6.45, 7) is 0.938. The Balaban J connectivity index is 1.46. The molecule has 9 nitrogen and oxygen atoms in total. The number of methoxy groups -OCH3 is 1. The van der Waals surface area contributed by atoms with Crippen molar-refractivity contribution in [2.75, 3.05) is 30.8 Å². The van der Waals surface area contributed by atoms with E-state index >= 15 is 0 Å². The summed E-state index contributed by atoms with van der Waals surface area (Å²) in [6, 6.07) is 10.6. The standard InChI is InChI=1S/C18H19N7O2/c1-27-17-6-5-13(11-22-17)18(26)21-9-8-20-15-10-16(24-12-23-15)25-14-4-2-3-7-19-14/h2-7,10-12H,8-9H2,1H3,(H,21,26)(H2,19,20,23,24,25). The molecule has 0 saturated heterocycles. The molecule has 27 heavy (non-hydrogen) atoms. The molecule has 0 radical (unpaired) electrons. The van der Waals surface area contributed by atoms with E-state index in [4.69, 9.17) is 4.74 Å². The summed E-state index contributed by atoms with van der Waals surface area (Å²) in [4.78, 5) is 28.6. The number of carbonyl (C=O) groups excluding carboxylic acids is 1. The lowest BCUT2D eigenvalue weighted by Crippen LogP contribution is -2.29. The van der Waals surface area contributed by atoms with Gasteiger partial charge < -0.3 is 20.7 Å². The van der Waals surface area contributed by atoms with Crippen molar-refractivity contribution in [3.05, 3.63) is 60.7 Å². The smallest absolute Gasteiger partial charge is 0.252 e. The monoisotopic (exact) mass is 365 g/mol. The maximum atomic E-state index is 12.1. The number of nitrogens with one attached hydrogen (secondary N) is 3. The minimum absolute atomic E-state index is 0.202. The molecule has 0 aromatic carbocycles. The van der Waals surface area contributed by atoms with Crippen LogP contribution in [0.5, 0.6) is 5.88 Å². The van der Waals surface area contributed by atoms with Crippen LogP contribution < -0.4 is 20.7 Å². The van der Waals surface area contributed by atoms with E-state index in [1.54, 1.807) is 24.4 Å². The zero-order chi connectivity index (χ0) is 18.9. The first-order valence-electron chi connectivity index (χ1n) is 8.27. The van der Waals surface area contributed by atoms with Gasteiger partial charge in [0.15, 0.2) is 0 Å².